The number of rotatable bonds is 26. The molecule has 1 radical (unpaired) electrons. The van der Waals surface area contributed by atoms with E-state index in [-0.39, 0.29) is 5.92 Å². The van der Waals surface area contributed by atoms with Gasteiger partial charge in [0.05, 0.1) is 0 Å². The molecule has 0 fully saturated rings. The monoisotopic (exact) mass is 433 g/mol. The second-order valence-corrected chi connectivity index (χ2v) is 9.80. The molecule has 0 heterocycles. The lowest BCUT2D eigenvalue weighted by molar-refractivity contribution is 0.510. The molecule has 1 unspecified atom stereocenters. The summed E-state index contributed by atoms with van der Waals surface area (Å²) in [5.74, 6) is 0.0336. The molecule has 0 saturated carbocycles. The average molecular weight is 434 g/mol. The number of allylic oxidation sites excluding steroid dienone is 2. The molecule has 0 N–H and O–H groups in total. The summed E-state index contributed by atoms with van der Waals surface area (Å²) in [6, 6.07) is 0. The lowest BCUT2D eigenvalue weighted by Crippen LogP contribution is -1.97. The van der Waals surface area contributed by atoms with Gasteiger partial charge in [-0.05, 0) is 19.3 Å². The van der Waals surface area contributed by atoms with E-state index >= 15 is 0 Å². The van der Waals surface area contributed by atoms with Gasteiger partial charge in [0.2, 0.25) is 6.29 Å². The molecule has 1 heteroatoms. The predicted molar refractivity (Wildman–Crippen MR) is 140 cm³/mol. The lowest BCUT2D eigenvalue weighted by atomic mass is 9.99. The summed E-state index contributed by atoms with van der Waals surface area (Å²) in [7, 11) is 0. The molecular formula is C30H57O. The summed E-state index contributed by atoms with van der Waals surface area (Å²) in [6.07, 6.45) is 39.0. The van der Waals surface area contributed by atoms with Crippen LogP contribution >= 0.6 is 0 Å². The molecule has 0 bridgehead atoms. The molecule has 0 aromatic heterocycles. The van der Waals surface area contributed by atoms with Crippen LogP contribution in [0.2, 0.25) is 0 Å². The highest BCUT2D eigenvalue weighted by atomic mass is 16.1. The van der Waals surface area contributed by atoms with Crippen molar-refractivity contribution in [1.29, 1.82) is 0 Å². The zero-order chi connectivity index (χ0) is 22.7. The lowest BCUT2D eigenvalue weighted by Gasteiger charge is -2.05. The highest BCUT2D eigenvalue weighted by Crippen LogP contribution is 2.15. The van der Waals surface area contributed by atoms with Crippen LogP contribution in [0.4, 0.5) is 0 Å². The van der Waals surface area contributed by atoms with Crippen molar-refractivity contribution in [3.63, 3.8) is 0 Å². The Bertz CT molecular complexity index is 359. The fourth-order valence-electron chi connectivity index (χ4n) is 4.41. The molecule has 0 aliphatic rings. The quantitative estimate of drug-likeness (QED) is 0.0978. The van der Waals surface area contributed by atoms with Gasteiger partial charge in [-0.3, -0.25) is 4.79 Å². The molecule has 0 spiro atoms. The summed E-state index contributed by atoms with van der Waals surface area (Å²) < 4.78 is 0. The Kier molecular flexibility index (Phi) is 26.9. The van der Waals surface area contributed by atoms with Crippen LogP contribution in [0.15, 0.2) is 12.2 Å². The van der Waals surface area contributed by atoms with Crippen LogP contribution in [0.25, 0.3) is 0 Å². The first-order valence-corrected chi connectivity index (χ1v) is 14.4. The summed E-state index contributed by atoms with van der Waals surface area (Å²) in [4.78, 5) is 11.2. The van der Waals surface area contributed by atoms with E-state index in [1.54, 1.807) is 0 Å². The van der Waals surface area contributed by atoms with Crippen LogP contribution in [-0.4, -0.2) is 6.29 Å². The third-order valence-corrected chi connectivity index (χ3v) is 6.61. The Labute approximate surface area is 197 Å². The molecule has 0 saturated heterocycles. The molecule has 0 aromatic carbocycles. The van der Waals surface area contributed by atoms with E-state index in [0.29, 0.717) is 0 Å². The Balaban J connectivity index is 3.37. The van der Waals surface area contributed by atoms with Gasteiger partial charge in [-0.25, -0.2) is 0 Å². The fraction of sp³-hybridized carbons (Fsp3) is 0.900. The number of unbranched alkanes of at least 4 members (excludes halogenated alkanes) is 21. The van der Waals surface area contributed by atoms with E-state index in [2.05, 4.69) is 32.3 Å². The van der Waals surface area contributed by atoms with E-state index in [1.807, 2.05) is 0 Å². The summed E-state index contributed by atoms with van der Waals surface area (Å²) in [5, 5.41) is 0. The van der Waals surface area contributed by atoms with Gasteiger partial charge in [0.25, 0.3) is 0 Å². The van der Waals surface area contributed by atoms with Crippen molar-refractivity contribution in [3.05, 3.63) is 12.2 Å². The molecule has 183 valence electrons. The largest absolute Gasteiger partial charge is 0.290 e. The highest BCUT2D eigenvalue weighted by molar-refractivity contribution is 5.57. The molecule has 0 aliphatic carbocycles. The minimum absolute atomic E-state index is 0.0336. The molecule has 0 aromatic rings. The summed E-state index contributed by atoms with van der Waals surface area (Å²) >= 11 is 0. The van der Waals surface area contributed by atoms with Gasteiger partial charge in [0, 0.05) is 5.92 Å². The molecule has 1 atom stereocenters. The number of hydrogen-bond donors (Lipinski definition) is 0. The molecule has 0 amide bonds. The maximum absolute atomic E-state index is 11.2. The Morgan fingerprint density at radius 3 is 1.26 bits per heavy atom. The zero-order valence-corrected chi connectivity index (χ0v) is 21.6. The average Bonchev–Trinajstić information content (AvgIpc) is 2.79. The smallest absolute Gasteiger partial charge is 0.205 e. The minimum atomic E-state index is 0.0336. The highest BCUT2D eigenvalue weighted by Gasteiger charge is 2.03. The third-order valence-electron chi connectivity index (χ3n) is 6.61. The number of carbonyl (C=O) groups excluding carboxylic acids is 1. The second-order valence-electron chi connectivity index (χ2n) is 9.80. The maximum atomic E-state index is 11.2. The molecule has 31 heavy (non-hydrogen) atoms. The zero-order valence-electron chi connectivity index (χ0n) is 21.6. The first-order valence-electron chi connectivity index (χ1n) is 14.4. The summed E-state index contributed by atoms with van der Waals surface area (Å²) in [5.41, 5.74) is 0. The van der Waals surface area contributed by atoms with Crippen LogP contribution in [-0.2, 0) is 4.79 Å². The normalized spacial score (nSPS) is 12.6. The van der Waals surface area contributed by atoms with E-state index in [1.165, 1.54) is 141 Å². The van der Waals surface area contributed by atoms with Crippen LogP contribution in [0.3, 0.4) is 0 Å². The standard InChI is InChI=1S/C30H57O/c1-3-5-7-9-11-13-15-17-19-21-23-25-27-30(29-31)28-26-24-22-20-18-16-14-12-10-8-6-4-2/h25,27,30H,3-24,26,28H2,1-2H3/b27-25+. The van der Waals surface area contributed by atoms with Crippen LogP contribution in [0.5, 0.6) is 0 Å². The van der Waals surface area contributed by atoms with Crippen LogP contribution in [0, 0.1) is 5.92 Å². The summed E-state index contributed by atoms with van der Waals surface area (Å²) in [6.45, 7) is 4.56. The predicted octanol–water partition coefficient (Wildman–Crippen LogP) is 10.7. The van der Waals surface area contributed by atoms with Gasteiger partial charge in [0.1, 0.15) is 0 Å². The Morgan fingerprint density at radius 2 is 0.871 bits per heavy atom. The first-order chi connectivity index (χ1) is 15.3. The van der Waals surface area contributed by atoms with Crippen molar-refractivity contribution in [2.24, 2.45) is 5.92 Å². The topological polar surface area (TPSA) is 17.1 Å². The third kappa shape index (κ3) is 25.5. The van der Waals surface area contributed by atoms with Gasteiger partial charge in [0.15, 0.2) is 0 Å². The van der Waals surface area contributed by atoms with Crippen LogP contribution in [0.1, 0.15) is 168 Å². The van der Waals surface area contributed by atoms with Crippen molar-refractivity contribution < 1.29 is 4.79 Å². The SMILES string of the molecule is CCCCCCCCCCCC/C=C/C([C]=O)CCCCCCCCCCCCCC. The van der Waals surface area contributed by atoms with Gasteiger partial charge < -0.3 is 0 Å². The van der Waals surface area contributed by atoms with E-state index in [4.69, 9.17) is 0 Å². The van der Waals surface area contributed by atoms with E-state index in [0.717, 1.165) is 12.8 Å². The van der Waals surface area contributed by atoms with Crippen LogP contribution < -0.4 is 0 Å². The van der Waals surface area contributed by atoms with Gasteiger partial charge in [-0.15, -0.1) is 0 Å². The van der Waals surface area contributed by atoms with E-state index in [9.17, 15) is 4.79 Å². The Hall–Kier alpha value is -0.590. The van der Waals surface area contributed by atoms with Crippen molar-refractivity contribution in [2.75, 3.05) is 0 Å². The maximum Gasteiger partial charge on any atom is 0.205 e. The van der Waals surface area contributed by atoms with E-state index < -0.39 is 0 Å². The van der Waals surface area contributed by atoms with Gasteiger partial charge >= 0.3 is 0 Å². The fourth-order valence-corrected chi connectivity index (χ4v) is 4.41. The first kappa shape index (κ1) is 30.4. The number of hydrogen-bond acceptors (Lipinski definition) is 1. The molecule has 0 rings (SSSR count). The van der Waals surface area contributed by atoms with Gasteiger partial charge in [-0.2, -0.15) is 0 Å². The van der Waals surface area contributed by atoms with Gasteiger partial charge in [-0.1, -0.05) is 161 Å². The molecular weight excluding hydrogens is 376 g/mol. The van der Waals surface area contributed by atoms with Crippen molar-refractivity contribution >= 4 is 6.29 Å². The molecule has 0 aliphatic heterocycles. The molecule has 1 nitrogen and oxygen atoms in total. The minimum Gasteiger partial charge on any atom is -0.290 e. The second kappa shape index (κ2) is 27.4. The van der Waals surface area contributed by atoms with Crippen molar-refractivity contribution in [3.8, 4) is 0 Å². The Morgan fingerprint density at radius 1 is 0.516 bits per heavy atom. The van der Waals surface area contributed by atoms with Crippen molar-refractivity contribution in [1.82, 2.24) is 0 Å². The van der Waals surface area contributed by atoms with Crippen molar-refractivity contribution in [2.45, 2.75) is 168 Å².